The molecule has 0 aliphatic rings. The Hall–Kier alpha value is -1.67. The highest BCUT2D eigenvalue weighted by Gasteiger charge is 2.22. The van der Waals surface area contributed by atoms with Gasteiger partial charge in [0.1, 0.15) is 5.69 Å². The topological polar surface area (TPSA) is 92.6 Å². The molecule has 94 valence electrons. The zero-order chi connectivity index (χ0) is 13.2. The van der Waals surface area contributed by atoms with Crippen molar-refractivity contribution in [2.75, 3.05) is 26.5 Å². The first-order valence-electron chi connectivity index (χ1n) is 4.69. The summed E-state index contributed by atoms with van der Waals surface area (Å²) in [6, 6.07) is 3.74. The number of nitro benzene ring substituents is 1. The number of hydrogen-bond acceptors (Lipinski definition) is 5. The summed E-state index contributed by atoms with van der Waals surface area (Å²) in [5.41, 5.74) is 0.00290. The van der Waals surface area contributed by atoms with E-state index >= 15 is 0 Å². The van der Waals surface area contributed by atoms with Crippen molar-refractivity contribution in [2.45, 2.75) is 4.90 Å². The molecule has 0 amide bonds. The Kier molecular flexibility index (Phi) is 3.69. The van der Waals surface area contributed by atoms with E-state index in [0.717, 1.165) is 10.4 Å². The van der Waals surface area contributed by atoms with E-state index < -0.39 is 14.9 Å². The molecular weight excluding hydrogens is 246 g/mol. The van der Waals surface area contributed by atoms with Crippen molar-refractivity contribution >= 4 is 21.4 Å². The second-order valence-electron chi connectivity index (χ2n) is 3.47. The Labute approximate surface area is 99.2 Å². The minimum atomic E-state index is -3.66. The van der Waals surface area contributed by atoms with Crippen LogP contribution in [0.3, 0.4) is 0 Å². The standard InChI is InChI=1S/C9H13N3O4S/c1-10-8-5-4-7(6-9(8)12(13)14)17(15,16)11(2)3/h4-6,10H,1-3H3. The van der Waals surface area contributed by atoms with Crippen LogP contribution in [-0.2, 0) is 10.0 Å². The first-order chi connectivity index (χ1) is 7.80. The second-order valence-corrected chi connectivity index (χ2v) is 5.63. The van der Waals surface area contributed by atoms with Gasteiger partial charge in [-0.2, -0.15) is 0 Å². The van der Waals surface area contributed by atoms with Crippen LogP contribution in [0.5, 0.6) is 0 Å². The van der Waals surface area contributed by atoms with Crippen molar-refractivity contribution < 1.29 is 13.3 Å². The molecule has 1 aromatic rings. The number of hydrogen-bond donors (Lipinski definition) is 1. The lowest BCUT2D eigenvalue weighted by Crippen LogP contribution is -2.22. The molecular formula is C9H13N3O4S. The van der Waals surface area contributed by atoms with Gasteiger partial charge in [0.05, 0.1) is 9.82 Å². The van der Waals surface area contributed by atoms with Crippen molar-refractivity contribution in [1.82, 2.24) is 4.31 Å². The average Bonchev–Trinajstić information content (AvgIpc) is 2.27. The van der Waals surface area contributed by atoms with Crippen LogP contribution in [0.25, 0.3) is 0 Å². The molecule has 0 aromatic heterocycles. The number of sulfonamides is 1. The summed E-state index contributed by atoms with van der Waals surface area (Å²) < 4.78 is 24.6. The summed E-state index contributed by atoms with van der Waals surface area (Å²) in [4.78, 5) is 10.1. The van der Waals surface area contributed by atoms with Gasteiger partial charge in [-0.15, -0.1) is 0 Å². The summed E-state index contributed by atoms with van der Waals surface area (Å²) in [6.07, 6.45) is 0. The van der Waals surface area contributed by atoms with Crippen LogP contribution in [0, 0.1) is 10.1 Å². The van der Waals surface area contributed by atoms with E-state index in [9.17, 15) is 18.5 Å². The summed E-state index contributed by atoms with van der Waals surface area (Å²) >= 11 is 0. The van der Waals surface area contributed by atoms with Crippen molar-refractivity contribution in [3.63, 3.8) is 0 Å². The zero-order valence-corrected chi connectivity index (χ0v) is 10.5. The molecule has 0 aliphatic heterocycles. The normalized spacial score (nSPS) is 11.5. The van der Waals surface area contributed by atoms with E-state index in [0.29, 0.717) is 0 Å². The molecule has 0 saturated carbocycles. The maximum atomic E-state index is 11.8. The molecule has 0 unspecified atom stereocenters. The second kappa shape index (κ2) is 4.68. The lowest BCUT2D eigenvalue weighted by atomic mass is 10.3. The molecule has 1 aromatic carbocycles. The van der Waals surface area contributed by atoms with E-state index in [4.69, 9.17) is 0 Å². The Morgan fingerprint density at radius 3 is 2.35 bits per heavy atom. The maximum Gasteiger partial charge on any atom is 0.293 e. The van der Waals surface area contributed by atoms with E-state index in [1.54, 1.807) is 0 Å². The predicted octanol–water partition coefficient (Wildman–Crippen LogP) is 0.887. The molecule has 0 aliphatic carbocycles. The third kappa shape index (κ3) is 2.53. The van der Waals surface area contributed by atoms with Gasteiger partial charge in [-0.1, -0.05) is 0 Å². The lowest BCUT2D eigenvalue weighted by molar-refractivity contribution is -0.384. The van der Waals surface area contributed by atoms with Crippen LogP contribution < -0.4 is 5.32 Å². The maximum absolute atomic E-state index is 11.8. The van der Waals surface area contributed by atoms with Crippen molar-refractivity contribution in [3.8, 4) is 0 Å². The summed E-state index contributed by atoms with van der Waals surface area (Å²) in [6.45, 7) is 0. The Balaban J connectivity index is 3.41. The predicted molar refractivity (Wildman–Crippen MR) is 63.5 cm³/mol. The summed E-state index contributed by atoms with van der Waals surface area (Å²) in [5, 5.41) is 13.4. The number of benzene rings is 1. The fraction of sp³-hybridized carbons (Fsp3) is 0.333. The summed E-state index contributed by atoms with van der Waals surface area (Å²) in [7, 11) is 0.610. The molecule has 0 fully saturated rings. The van der Waals surface area contributed by atoms with Crippen LogP contribution in [-0.4, -0.2) is 38.8 Å². The van der Waals surface area contributed by atoms with Gasteiger partial charge in [-0.05, 0) is 12.1 Å². The number of anilines is 1. The first-order valence-corrected chi connectivity index (χ1v) is 6.13. The number of rotatable bonds is 4. The van der Waals surface area contributed by atoms with Gasteiger partial charge in [0.2, 0.25) is 10.0 Å². The molecule has 1 rings (SSSR count). The van der Waals surface area contributed by atoms with Crippen LogP contribution in [0.1, 0.15) is 0 Å². The summed E-state index contributed by atoms with van der Waals surface area (Å²) in [5.74, 6) is 0. The lowest BCUT2D eigenvalue weighted by Gasteiger charge is -2.11. The van der Waals surface area contributed by atoms with Gasteiger partial charge >= 0.3 is 0 Å². The highest BCUT2D eigenvalue weighted by Crippen LogP contribution is 2.27. The third-order valence-corrected chi connectivity index (χ3v) is 4.02. The van der Waals surface area contributed by atoms with Crippen molar-refractivity contribution in [3.05, 3.63) is 28.3 Å². The SMILES string of the molecule is CNc1ccc(S(=O)(=O)N(C)C)cc1[N+](=O)[O-]. The van der Waals surface area contributed by atoms with Crippen LogP contribution in [0.4, 0.5) is 11.4 Å². The van der Waals surface area contributed by atoms with E-state index in [1.165, 1.54) is 33.3 Å². The first kappa shape index (κ1) is 13.4. The Bertz CT molecular complexity index is 539. The molecule has 0 spiro atoms. The molecule has 1 N–H and O–H groups in total. The number of nitro groups is 1. The van der Waals surface area contributed by atoms with Gasteiger partial charge in [-0.25, -0.2) is 12.7 Å². The zero-order valence-electron chi connectivity index (χ0n) is 9.67. The quantitative estimate of drug-likeness (QED) is 0.640. The molecule has 7 nitrogen and oxygen atoms in total. The molecule has 0 saturated heterocycles. The van der Waals surface area contributed by atoms with E-state index in [-0.39, 0.29) is 16.3 Å². The minimum Gasteiger partial charge on any atom is -0.383 e. The van der Waals surface area contributed by atoms with Gasteiger partial charge < -0.3 is 5.32 Å². The van der Waals surface area contributed by atoms with Gasteiger partial charge in [0.15, 0.2) is 0 Å². The molecule has 0 atom stereocenters. The van der Waals surface area contributed by atoms with Crippen molar-refractivity contribution in [1.29, 1.82) is 0 Å². The highest BCUT2D eigenvalue weighted by atomic mass is 32.2. The van der Waals surface area contributed by atoms with Crippen LogP contribution in [0.15, 0.2) is 23.1 Å². The van der Waals surface area contributed by atoms with Crippen LogP contribution >= 0.6 is 0 Å². The van der Waals surface area contributed by atoms with Crippen molar-refractivity contribution in [2.24, 2.45) is 0 Å². The highest BCUT2D eigenvalue weighted by molar-refractivity contribution is 7.89. The monoisotopic (exact) mass is 259 g/mol. The number of nitrogens with zero attached hydrogens (tertiary/aromatic N) is 2. The third-order valence-electron chi connectivity index (χ3n) is 2.21. The molecule has 8 heteroatoms. The molecule has 0 radical (unpaired) electrons. The largest absolute Gasteiger partial charge is 0.383 e. The van der Waals surface area contributed by atoms with E-state index in [2.05, 4.69) is 5.32 Å². The van der Waals surface area contributed by atoms with Gasteiger partial charge in [0.25, 0.3) is 5.69 Å². The number of nitrogens with one attached hydrogen (secondary N) is 1. The average molecular weight is 259 g/mol. The van der Waals surface area contributed by atoms with Crippen LogP contribution in [0.2, 0.25) is 0 Å². The molecule has 0 bridgehead atoms. The Morgan fingerprint density at radius 2 is 1.94 bits per heavy atom. The fourth-order valence-electron chi connectivity index (χ4n) is 1.25. The Morgan fingerprint density at radius 1 is 1.35 bits per heavy atom. The molecule has 17 heavy (non-hydrogen) atoms. The minimum absolute atomic E-state index is 0.104. The smallest absolute Gasteiger partial charge is 0.293 e. The molecule has 0 heterocycles. The van der Waals surface area contributed by atoms with E-state index in [1.807, 2.05) is 0 Å². The van der Waals surface area contributed by atoms with Gasteiger partial charge in [-0.3, -0.25) is 10.1 Å². The fourth-order valence-corrected chi connectivity index (χ4v) is 2.17. The van der Waals surface area contributed by atoms with Gasteiger partial charge in [0, 0.05) is 27.2 Å².